The lowest BCUT2D eigenvalue weighted by Crippen LogP contribution is -2.28. The van der Waals surface area contributed by atoms with E-state index in [9.17, 15) is 4.79 Å². The van der Waals surface area contributed by atoms with Crippen molar-refractivity contribution in [3.05, 3.63) is 0 Å². The first kappa shape index (κ1) is 9.05. The summed E-state index contributed by atoms with van der Waals surface area (Å²) in [6.45, 7) is 1.39. The Kier molecular flexibility index (Phi) is 3.09. The summed E-state index contributed by atoms with van der Waals surface area (Å²) in [5.41, 5.74) is 0. The van der Waals surface area contributed by atoms with E-state index in [0.717, 1.165) is 25.7 Å². The standard InChI is InChI=1S/C9H13NO2/c1-7(11)12-9-5-3-2-4-8(9)6-10/h8-9H,2-5H2,1H3/t8-,9+/m1/s1. The van der Waals surface area contributed by atoms with E-state index in [1.165, 1.54) is 6.92 Å². The van der Waals surface area contributed by atoms with E-state index in [1.54, 1.807) is 0 Å². The highest BCUT2D eigenvalue weighted by molar-refractivity contribution is 5.66. The van der Waals surface area contributed by atoms with E-state index in [2.05, 4.69) is 6.07 Å². The number of carbonyl (C=O) groups is 1. The van der Waals surface area contributed by atoms with Gasteiger partial charge in [-0.05, 0) is 19.3 Å². The van der Waals surface area contributed by atoms with Gasteiger partial charge in [0, 0.05) is 6.92 Å². The van der Waals surface area contributed by atoms with Gasteiger partial charge in [0.15, 0.2) is 0 Å². The van der Waals surface area contributed by atoms with Crippen molar-refractivity contribution in [3.8, 4) is 6.07 Å². The van der Waals surface area contributed by atoms with Crippen LogP contribution in [0.2, 0.25) is 0 Å². The number of hydrogen-bond acceptors (Lipinski definition) is 3. The molecule has 1 rings (SSSR count). The molecule has 3 nitrogen and oxygen atoms in total. The second-order valence-corrected chi connectivity index (χ2v) is 3.17. The molecular weight excluding hydrogens is 154 g/mol. The van der Waals surface area contributed by atoms with Gasteiger partial charge in [0.1, 0.15) is 6.10 Å². The molecule has 0 bridgehead atoms. The summed E-state index contributed by atoms with van der Waals surface area (Å²) in [5, 5.41) is 8.73. The minimum absolute atomic E-state index is 0.0809. The molecule has 0 N–H and O–H groups in total. The SMILES string of the molecule is CC(=O)O[C@H]1CCCC[C@@H]1C#N. The van der Waals surface area contributed by atoms with E-state index < -0.39 is 0 Å². The fourth-order valence-corrected chi connectivity index (χ4v) is 1.60. The zero-order chi connectivity index (χ0) is 8.97. The van der Waals surface area contributed by atoms with E-state index in [0.29, 0.717) is 0 Å². The van der Waals surface area contributed by atoms with Crippen LogP contribution >= 0.6 is 0 Å². The Morgan fingerprint density at radius 1 is 1.50 bits per heavy atom. The molecule has 12 heavy (non-hydrogen) atoms. The number of esters is 1. The number of carbonyl (C=O) groups excluding carboxylic acids is 1. The van der Waals surface area contributed by atoms with Crippen LogP contribution in [0.25, 0.3) is 0 Å². The molecule has 0 saturated heterocycles. The number of nitrogens with zero attached hydrogens (tertiary/aromatic N) is 1. The minimum atomic E-state index is -0.276. The van der Waals surface area contributed by atoms with E-state index in [1.807, 2.05) is 0 Å². The summed E-state index contributed by atoms with van der Waals surface area (Å²) in [5.74, 6) is -0.357. The normalized spacial score (nSPS) is 29.0. The molecule has 1 aliphatic rings. The first-order chi connectivity index (χ1) is 5.74. The van der Waals surface area contributed by atoms with Crippen LogP contribution in [0.5, 0.6) is 0 Å². The molecule has 66 valence electrons. The van der Waals surface area contributed by atoms with Crippen LogP contribution in [0.3, 0.4) is 0 Å². The molecule has 0 unspecified atom stereocenters. The topological polar surface area (TPSA) is 50.1 Å². The molecule has 1 aliphatic carbocycles. The zero-order valence-corrected chi connectivity index (χ0v) is 7.25. The highest BCUT2D eigenvalue weighted by Crippen LogP contribution is 2.26. The van der Waals surface area contributed by atoms with E-state index in [-0.39, 0.29) is 18.0 Å². The molecule has 0 radical (unpaired) electrons. The van der Waals surface area contributed by atoms with Gasteiger partial charge in [0.05, 0.1) is 12.0 Å². The largest absolute Gasteiger partial charge is 0.461 e. The fourth-order valence-electron chi connectivity index (χ4n) is 1.60. The average molecular weight is 167 g/mol. The van der Waals surface area contributed by atoms with Gasteiger partial charge in [-0.25, -0.2) is 0 Å². The van der Waals surface area contributed by atoms with E-state index in [4.69, 9.17) is 10.00 Å². The molecule has 0 aliphatic heterocycles. The summed E-state index contributed by atoms with van der Waals surface area (Å²) < 4.78 is 5.03. The van der Waals surface area contributed by atoms with Crippen molar-refractivity contribution in [2.24, 2.45) is 5.92 Å². The first-order valence-electron chi connectivity index (χ1n) is 4.31. The van der Waals surface area contributed by atoms with Crippen molar-refractivity contribution in [2.75, 3.05) is 0 Å². The maximum Gasteiger partial charge on any atom is 0.302 e. The summed E-state index contributed by atoms with van der Waals surface area (Å²) in [4.78, 5) is 10.6. The molecule has 1 saturated carbocycles. The lowest BCUT2D eigenvalue weighted by molar-refractivity contribution is -0.149. The number of nitriles is 1. The highest BCUT2D eigenvalue weighted by Gasteiger charge is 2.26. The second-order valence-electron chi connectivity index (χ2n) is 3.17. The fraction of sp³-hybridized carbons (Fsp3) is 0.778. The molecule has 3 heteroatoms. The Hall–Kier alpha value is -1.04. The van der Waals surface area contributed by atoms with Crippen LogP contribution in [-0.2, 0) is 9.53 Å². The Bertz CT molecular complexity index is 207. The molecule has 0 aromatic heterocycles. The van der Waals surface area contributed by atoms with Crippen molar-refractivity contribution < 1.29 is 9.53 Å². The van der Waals surface area contributed by atoms with Crippen LogP contribution in [0.15, 0.2) is 0 Å². The monoisotopic (exact) mass is 167 g/mol. The van der Waals surface area contributed by atoms with Crippen molar-refractivity contribution in [1.29, 1.82) is 5.26 Å². The van der Waals surface area contributed by atoms with Gasteiger partial charge in [-0.2, -0.15) is 5.26 Å². The van der Waals surface area contributed by atoms with Crippen LogP contribution in [0, 0.1) is 17.2 Å². The Labute approximate surface area is 72.3 Å². The van der Waals surface area contributed by atoms with Crippen LogP contribution < -0.4 is 0 Å². The molecule has 1 fully saturated rings. The molecule has 2 atom stereocenters. The Balaban J connectivity index is 2.48. The minimum Gasteiger partial charge on any atom is -0.461 e. The van der Waals surface area contributed by atoms with Gasteiger partial charge in [0.25, 0.3) is 0 Å². The molecule has 0 amide bonds. The number of hydrogen-bond donors (Lipinski definition) is 0. The Morgan fingerprint density at radius 3 is 2.75 bits per heavy atom. The first-order valence-corrected chi connectivity index (χ1v) is 4.31. The average Bonchev–Trinajstić information content (AvgIpc) is 2.04. The summed E-state index contributed by atoms with van der Waals surface area (Å²) in [6.07, 6.45) is 3.71. The van der Waals surface area contributed by atoms with Gasteiger partial charge in [0.2, 0.25) is 0 Å². The molecule has 0 aromatic carbocycles. The van der Waals surface area contributed by atoms with Crippen LogP contribution in [-0.4, -0.2) is 12.1 Å². The highest BCUT2D eigenvalue weighted by atomic mass is 16.5. The lowest BCUT2D eigenvalue weighted by Gasteiger charge is -2.25. The molecule has 0 heterocycles. The quantitative estimate of drug-likeness (QED) is 0.558. The number of ether oxygens (including phenoxy) is 1. The summed E-state index contributed by atoms with van der Waals surface area (Å²) in [6, 6.07) is 2.18. The van der Waals surface area contributed by atoms with Crippen molar-refractivity contribution in [3.63, 3.8) is 0 Å². The van der Waals surface area contributed by atoms with Crippen molar-refractivity contribution in [1.82, 2.24) is 0 Å². The third-order valence-electron chi connectivity index (χ3n) is 2.19. The van der Waals surface area contributed by atoms with Gasteiger partial charge in [-0.1, -0.05) is 6.42 Å². The van der Waals surface area contributed by atoms with Gasteiger partial charge in [-0.15, -0.1) is 0 Å². The predicted octanol–water partition coefficient (Wildman–Crippen LogP) is 1.63. The van der Waals surface area contributed by atoms with Gasteiger partial charge in [-0.3, -0.25) is 4.79 Å². The predicted molar refractivity (Wildman–Crippen MR) is 43.1 cm³/mol. The molecule has 0 aromatic rings. The maximum absolute atomic E-state index is 10.6. The smallest absolute Gasteiger partial charge is 0.302 e. The lowest BCUT2D eigenvalue weighted by atomic mass is 9.87. The van der Waals surface area contributed by atoms with Crippen molar-refractivity contribution >= 4 is 5.97 Å². The van der Waals surface area contributed by atoms with Crippen molar-refractivity contribution in [2.45, 2.75) is 38.7 Å². The summed E-state index contributed by atoms with van der Waals surface area (Å²) >= 11 is 0. The molecule has 0 spiro atoms. The second kappa shape index (κ2) is 4.10. The summed E-state index contributed by atoms with van der Waals surface area (Å²) in [7, 11) is 0. The van der Waals surface area contributed by atoms with E-state index >= 15 is 0 Å². The Morgan fingerprint density at radius 2 is 2.17 bits per heavy atom. The van der Waals surface area contributed by atoms with Gasteiger partial charge < -0.3 is 4.74 Å². The number of rotatable bonds is 1. The van der Waals surface area contributed by atoms with Gasteiger partial charge >= 0.3 is 5.97 Å². The third kappa shape index (κ3) is 2.23. The maximum atomic E-state index is 10.6. The third-order valence-corrected chi connectivity index (χ3v) is 2.19. The molecular formula is C9H13NO2. The van der Waals surface area contributed by atoms with Crippen LogP contribution in [0.4, 0.5) is 0 Å². The zero-order valence-electron chi connectivity index (χ0n) is 7.25. The van der Waals surface area contributed by atoms with Crippen LogP contribution in [0.1, 0.15) is 32.6 Å².